The van der Waals surface area contributed by atoms with Gasteiger partial charge in [0, 0.05) is 29.4 Å². The average molecular weight is 386 g/mol. The number of anilines is 2. The van der Waals surface area contributed by atoms with Gasteiger partial charge in [0.25, 0.3) is 5.91 Å². The highest BCUT2D eigenvalue weighted by Gasteiger charge is 2.16. The minimum atomic E-state index is -0.834. The summed E-state index contributed by atoms with van der Waals surface area (Å²) < 4.78 is 37.7. The van der Waals surface area contributed by atoms with Crippen molar-refractivity contribution in [2.45, 2.75) is 0 Å². The van der Waals surface area contributed by atoms with Crippen molar-refractivity contribution in [3.8, 4) is 22.8 Å². The van der Waals surface area contributed by atoms with Crippen molar-refractivity contribution in [2.75, 3.05) is 19.5 Å². The van der Waals surface area contributed by atoms with Gasteiger partial charge in [0.1, 0.15) is 23.7 Å². The molecule has 1 amide bonds. The Morgan fingerprint density at radius 3 is 2.54 bits per heavy atom. The Hall–Kier alpha value is -3.75. The molecule has 28 heavy (non-hydrogen) atoms. The van der Waals surface area contributed by atoms with Crippen LogP contribution in [0, 0.1) is 11.6 Å². The van der Waals surface area contributed by atoms with Crippen LogP contribution in [0.2, 0.25) is 0 Å². The number of rotatable bonds is 6. The lowest BCUT2D eigenvalue weighted by Crippen LogP contribution is -2.14. The summed E-state index contributed by atoms with van der Waals surface area (Å²) in [4.78, 5) is 19.8. The number of carbonyl (C=O) groups is 1. The summed E-state index contributed by atoms with van der Waals surface area (Å²) in [5, 5.41) is 2.88. The highest BCUT2D eigenvalue weighted by molar-refractivity contribution is 5.97. The number of ether oxygens (including phenoxy) is 2. The van der Waals surface area contributed by atoms with E-state index in [1.165, 1.54) is 44.8 Å². The van der Waals surface area contributed by atoms with Crippen LogP contribution in [0.15, 0.2) is 42.7 Å². The molecular formula is C19H16F2N4O3. The molecule has 0 saturated heterocycles. The van der Waals surface area contributed by atoms with Crippen LogP contribution in [0.1, 0.15) is 10.4 Å². The Morgan fingerprint density at radius 2 is 1.86 bits per heavy atom. The maximum absolute atomic E-state index is 14.2. The zero-order valence-electron chi connectivity index (χ0n) is 15.0. The minimum absolute atomic E-state index is 0.112. The first-order chi connectivity index (χ1) is 13.4. The summed E-state index contributed by atoms with van der Waals surface area (Å²) in [6.45, 7) is 0. The van der Waals surface area contributed by atoms with Gasteiger partial charge in [-0.05, 0) is 18.2 Å². The van der Waals surface area contributed by atoms with Crippen LogP contribution in [-0.2, 0) is 0 Å². The summed E-state index contributed by atoms with van der Waals surface area (Å²) in [6.07, 6.45) is 1.29. The van der Waals surface area contributed by atoms with Crippen molar-refractivity contribution < 1.29 is 23.0 Å². The Bertz CT molecular complexity index is 1040. The zero-order valence-corrected chi connectivity index (χ0v) is 15.0. The first kappa shape index (κ1) is 19.0. The molecule has 0 fully saturated rings. The molecule has 0 radical (unpaired) electrons. The number of nitrogens with one attached hydrogen (secondary N) is 1. The van der Waals surface area contributed by atoms with E-state index in [1.54, 1.807) is 6.07 Å². The van der Waals surface area contributed by atoms with Crippen molar-refractivity contribution in [3.05, 3.63) is 59.9 Å². The predicted octanol–water partition coefficient (Wildman–Crippen LogP) is 3.28. The van der Waals surface area contributed by atoms with Gasteiger partial charge in [-0.3, -0.25) is 4.79 Å². The van der Waals surface area contributed by atoms with Crippen LogP contribution in [-0.4, -0.2) is 30.1 Å². The molecule has 0 unspecified atom stereocenters. The van der Waals surface area contributed by atoms with Crippen molar-refractivity contribution in [1.82, 2.24) is 9.97 Å². The van der Waals surface area contributed by atoms with E-state index in [2.05, 4.69) is 15.3 Å². The van der Waals surface area contributed by atoms with Gasteiger partial charge in [-0.2, -0.15) is 0 Å². The SMILES string of the molecule is COc1cc(F)ccc1-c1cc(Nc2cc(F)c(OC)c(C(N)=O)c2)ncn1. The Balaban J connectivity index is 1.97. The molecule has 1 aromatic heterocycles. The lowest BCUT2D eigenvalue weighted by atomic mass is 10.1. The number of nitrogens with zero attached hydrogens (tertiary/aromatic N) is 2. The second kappa shape index (κ2) is 7.87. The largest absolute Gasteiger partial charge is 0.496 e. The first-order valence-corrected chi connectivity index (χ1v) is 8.03. The molecule has 0 aliphatic heterocycles. The molecule has 144 valence electrons. The first-order valence-electron chi connectivity index (χ1n) is 8.03. The van der Waals surface area contributed by atoms with Crippen LogP contribution in [0.25, 0.3) is 11.3 Å². The predicted molar refractivity (Wildman–Crippen MR) is 98.7 cm³/mol. The van der Waals surface area contributed by atoms with E-state index in [1.807, 2.05) is 0 Å². The highest BCUT2D eigenvalue weighted by atomic mass is 19.1. The van der Waals surface area contributed by atoms with Gasteiger partial charge < -0.3 is 20.5 Å². The molecule has 3 N–H and O–H groups in total. The van der Waals surface area contributed by atoms with E-state index in [9.17, 15) is 13.6 Å². The molecule has 2 aromatic carbocycles. The van der Waals surface area contributed by atoms with Gasteiger partial charge >= 0.3 is 0 Å². The lowest BCUT2D eigenvalue weighted by molar-refractivity contribution is 0.0996. The minimum Gasteiger partial charge on any atom is -0.496 e. The number of halogens is 2. The average Bonchev–Trinajstić information content (AvgIpc) is 2.67. The van der Waals surface area contributed by atoms with Crippen molar-refractivity contribution in [2.24, 2.45) is 5.73 Å². The van der Waals surface area contributed by atoms with E-state index >= 15 is 0 Å². The number of carbonyl (C=O) groups excluding carboxylic acids is 1. The molecule has 3 rings (SSSR count). The third-order valence-corrected chi connectivity index (χ3v) is 3.89. The maximum Gasteiger partial charge on any atom is 0.252 e. The smallest absolute Gasteiger partial charge is 0.252 e. The zero-order chi connectivity index (χ0) is 20.3. The van der Waals surface area contributed by atoms with Crippen molar-refractivity contribution >= 4 is 17.4 Å². The van der Waals surface area contributed by atoms with Crippen molar-refractivity contribution in [3.63, 3.8) is 0 Å². The Morgan fingerprint density at radius 1 is 1.07 bits per heavy atom. The van der Waals surface area contributed by atoms with Gasteiger partial charge in [0.05, 0.1) is 25.5 Å². The molecule has 0 saturated carbocycles. The summed E-state index contributed by atoms with van der Waals surface area (Å²) >= 11 is 0. The van der Waals surface area contributed by atoms with E-state index in [0.717, 1.165) is 6.07 Å². The number of hydrogen-bond donors (Lipinski definition) is 2. The van der Waals surface area contributed by atoms with E-state index in [-0.39, 0.29) is 17.0 Å². The molecule has 0 atom stereocenters. The normalized spacial score (nSPS) is 10.4. The molecule has 0 aliphatic carbocycles. The van der Waals surface area contributed by atoms with Gasteiger partial charge in [0.15, 0.2) is 11.6 Å². The van der Waals surface area contributed by atoms with Gasteiger partial charge in [-0.25, -0.2) is 18.7 Å². The molecule has 7 nitrogen and oxygen atoms in total. The molecule has 0 bridgehead atoms. The molecule has 0 spiro atoms. The summed E-state index contributed by atoms with van der Waals surface area (Å²) in [5.74, 6) is -1.65. The number of primary amides is 1. The van der Waals surface area contributed by atoms with Crippen LogP contribution >= 0.6 is 0 Å². The van der Waals surface area contributed by atoms with Gasteiger partial charge in [-0.1, -0.05) is 0 Å². The number of hydrogen-bond acceptors (Lipinski definition) is 6. The molecule has 3 aromatic rings. The molecule has 9 heteroatoms. The van der Waals surface area contributed by atoms with Crippen LogP contribution in [0.5, 0.6) is 11.5 Å². The fourth-order valence-corrected chi connectivity index (χ4v) is 2.65. The quantitative estimate of drug-likeness (QED) is 0.675. The van der Waals surface area contributed by atoms with Crippen LogP contribution in [0.4, 0.5) is 20.3 Å². The van der Waals surface area contributed by atoms with Crippen LogP contribution < -0.4 is 20.5 Å². The van der Waals surface area contributed by atoms with Gasteiger partial charge in [0.2, 0.25) is 0 Å². The van der Waals surface area contributed by atoms with Crippen molar-refractivity contribution in [1.29, 1.82) is 0 Å². The van der Waals surface area contributed by atoms with E-state index < -0.39 is 17.5 Å². The standard InChI is InChI=1S/C19H16F2N4O3/c1-27-16-5-10(20)3-4-12(16)15-8-17(24-9-23-15)25-11-6-13(19(22)26)18(28-2)14(21)7-11/h3-9H,1-2H3,(H2,22,26)(H,23,24,25). The van der Waals surface area contributed by atoms with Crippen LogP contribution in [0.3, 0.4) is 0 Å². The Kier molecular flexibility index (Phi) is 5.35. The number of aromatic nitrogens is 2. The summed E-state index contributed by atoms with van der Waals surface area (Å²) in [7, 11) is 2.66. The Labute approximate surface area is 159 Å². The molecular weight excluding hydrogens is 370 g/mol. The summed E-state index contributed by atoms with van der Waals surface area (Å²) in [5.41, 5.74) is 6.42. The van der Waals surface area contributed by atoms with E-state index in [0.29, 0.717) is 22.8 Å². The monoisotopic (exact) mass is 386 g/mol. The second-order valence-electron chi connectivity index (χ2n) is 5.66. The number of benzene rings is 2. The maximum atomic E-state index is 14.2. The number of methoxy groups -OCH3 is 2. The van der Waals surface area contributed by atoms with Gasteiger partial charge in [-0.15, -0.1) is 0 Å². The molecule has 1 heterocycles. The third-order valence-electron chi connectivity index (χ3n) is 3.89. The molecule has 0 aliphatic rings. The fourth-order valence-electron chi connectivity index (χ4n) is 2.65. The number of amides is 1. The second-order valence-corrected chi connectivity index (χ2v) is 5.66. The fraction of sp³-hybridized carbons (Fsp3) is 0.105. The summed E-state index contributed by atoms with van der Waals surface area (Å²) in [6, 6.07) is 8.12. The third kappa shape index (κ3) is 3.83. The topological polar surface area (TPSA) is 99.4 Å². The number of nitrogens with two attached hydrogens (primary N) is 1. The highest BCUT2D eigenvalue weighted by Crippen LogP contribution is 2.31. The van der Waals surface area contributed by atoms with E-state index in [4.69, 9.17) is 15.2 Å². The lowest BCUT2D eigenvalue weighted by Gasteiger charge is -2.12.